The van der Waals surface area contributed by atoms with Crippen LogP contribution in [0.15, 0.2) is 12.3 Å². The van der Waals surface area contributed by atoms with Gasteiger partial charge in [-0.05, 0) is 12.8 Å². The van der Waals surface area contributed by atoms with Crippen LogP contribution >= 0.6 is 0 Å². The van der Waals surface area contributed by atoms with Crippen LogP contribution in [-0.2, 0) is 9.59 Å². The third-order valence-electron chi connectivity index (χ3n) is 2.23. The van der Waals surface area contributed by atoms with Gasteiger partial charge in [0.05, 0.1) is 6.20 Å². The fourth-order valence-corrected chi connectivity index (χ4v) is 1.39. The minimum absolute atomic E-state index is 0.0120. The molecule has 6 heteroatoms. The van der Waals surface area contributed by atoms with Crippen LogP contribution in [0.1, 0.15) is 32.6 Å². The first-order valence-corrected chi connectivity index (χ1v) is 5.72. The number of anilines is 1. The normalized spacial score (nSPS) is 9.94. The molecule has 0 aromatic carbocycles. The molecular weight excluding hydrogens is 220 g/mol. The smallest absolute Gasteiger partial charge is 0.225 e. The van der Waals surface area contributed by atoms with Crippen molar-refractivity contribution >= 4 is 17.6 Å². The van der Waals surface area contributed by atoms with Crippen molar-refractivity contribution in [3.63, 3.8) is 0 Å². The zero-order chi connectivity index (χ0) is 12.5. The average molecular weight is 238 g/mol. The van der Waals surface area contributed by atoms with Crippen molar-refractivity contribution in [2.45, 2.75) is 32.6 Å². The predicted octanol–water partition coefficient (Wildman–Crippen LogP) is 1.04. The fraction of sp³-hybridized carbons (Fsp3) is 0.545. The predicted molar refractivity (Wildman–Crippen MR) is 64.4 cm³/mol. The Kier molecular flexibility index (Phi) is 5.77. The number of carbonyl (C=O) groups excluding carboxylic acids is 2. The second-order valence-electron chi connectivity index (χ2n) is 3.81. The molecule has 0 fully saturated rings. The number of aromatic amines is 1. The van der Waals surface area contributed by atoms with Gasteiger partial charge in [0.15, 0.2) is 0 Å². The molecule has 94 valence electrons. The number of H-pyrrole nitrogens is 1. The van der Waals surface area contributed by atoms with Gasteiger partial charge >= 0.3 is 0 Å². The largest absolute Gasteiger partial charge is 0.356 e. The topological polar surface area (TPSA) is 86.9 Å². The van der Waals surface area contributed by atoms with Gasteiger partial charge < -0.3 is 10.6 Å². The van der Waals surface area contributed by atoms with Crippen molar-refractivity contribution in [3.05, 3.63) is 12.3 Å². The fourth-order valence-electron chi connectivity index (χ4n) is 1.39. The van der Waals surface area contributed by atoms with E-state index in [4.69, 9.17) is 0 Å². The van der Waals surface area contributed by atoms with Crippen LogP contribution < -0.4 is 10.6 Å². The highest BCUT2D eigenvalue weighted by molar-refractivity contribution is 5.89. The van der Waals surface area contributed by atoms with E-state index in [1.807, 2.05) is 0 Å². The summed E-state index contributed by atoms with van der Waals surface area (Å²) in [4.78, 5) is 22.0. The monoisotopic (exact) mass is 238 g/mol. The summed E-state index contributed by atoms with van der Waals surface area (Å²) in [5.74, 6) is 0.587. The lowest BCUT2D eigenvalue weighted by Crippen LogP contribution is -2.20. The summed E-state index contributed by atoms with van der Waals surface area (Å²) in [5.41, 5.74) is 0. The Morgan fingerprint density at radius 2 is 2.18 bits per heavy atom. The molecule has 2 amide bonds. The van der Waals surface area contributed by atoms with Gasteiger partial charge in [0.2, 0.25) is 11.8 Å². The first-order valence-electron chi connectivity index (χ1n) is 5.72. The Bertz CT molecular complexity index is 348. The maximum absolute atomic E-state index is 11.4. The Morgan fingerprint density at radius 1 is 1.35 bits per heavy atom. The van der Waals surface area contributed by atoms with Crippen molar-refractivity contribution in [1.29, 1.82) is 0 Å². The third-order valence-corrected chi connectivity index (χ3v) is 2.23. The number of rotatable bonds is 7. The van der Waals surface area contributed by atoms with Gasteiger partial charge in [0.25, 0.3) is 0 Å². The molecule has 6 nitrogen and oxygen atoms in total. The first-order chi connectivity index (χ1) is 8.18. The van der Waals surface area contributed by atoms with Crippen molar-refractivity contribution in [2.75, 3.05) is 11.9 Å². The molecule has 1 heterocycles. The van der Waals surface area contributed by atoms with Gasteiger partial charge in [-0.3, -0.25) is 14.7 Å². The quantitative estimate of drug-likeness (QED) is 0.620. The minimum Gasteiger partial charge on any atom is -0.356 e. The van der Waals surface area contributed by atoms with E-state index in [2.05, 4.69) is 20.8 Å². The Morgan fingerprint density at radius 3 is 2.82 bits per heavy atom. The van der Waals surface area contributed by atoms with Crippen LogP contribution in [0.2, 0.25) is 0 Å². The third kappa shape index (κ3) is 6.34. The lowest BCUT2D eigenvalue weighted by molar-refractivity contribution is -0.119. The van der Waals surface area contributed by atoms with Gasteiger partial charge in [-0.15, -0.1) is 0 Å². The molecule has 1 aromatic rings. The summed E-state index contributed by atoms with van der Waals surface area (Å²) in [7, 11) is 0. The number of nitrogens with zero attached hydrogens (tertiary/aromatic N) is 1. The molecule has 0 saturated heterocycles. The molecule has 0 saturated carbocycles. The van der Waals surface area contributed by atoms with E-state index in [0.29, 0.717) is 18.8 Å². The Balaban J connectivity index is 1.99. The van der Waals surface area contributed by atoms with Gasteiger partial charge in [0.1, 0.15) is 5.82 Å². The molecule has 0 radical (unpaired) electrons. The molecule has 17 heavy (non-hydrogen) atoms. The molecular formula is C11H18N4O2. The van der Waals surface area contributed by atoms with E-state index < -0.39 is 0 Å². The van der Waals surface area contributed by atoms with Crippen molar-refractivity contribution < 1.29 is 9.59 Å². The summed E-state index contributed by atoms with van der Waals surface area (Å²) < 4.78 is 0. The highest BCUT2D eigenvalue weighted by Crippen LogP contribution is 2.03. The van der Waals surface area contributed by atoms with Crippen LogP contribution in [0.4, 0.5) is 5.82 Å². The molecule has 0 spiro atoms. The standard InChI is InChI=1S/C11H18N4O2/c1-9(16)12-7-4-2-3-5-11(17)14-10-6-8-13-15-10/h6,8H,2-5,7H2,1H3,(H,12,16)(H2,13,14,15,17). The molecule has 1 aromatic heterocycles. The SMILES string of the molecule is CC(=O)NCCCCCC(=O)Nc1ccn[nH]1. The van der Waals surface area contributed by atoms with E-state index in [9.17, 15) is 9.59 Å². The zero-order valence-electron chi connectivity index (χ0n) is 9.95. The number of hydrogen-bond donors (Lipinski definition) is 3. The maximum atomic E-state index is 11.4. The van der Waals surface area contributed by atoms with E-state index in [1.165, 1.54) is 6.92 Å². The lowest BCUT2D eigenvalue weighted by Gasteiger charge is -2.03. The molecule has 1 rings (SSSR count). The van der Waals surface area contributed by atoms with E-state index in [-0.39, 0.29) is 11.8 Å². The number of hydrogen-bond acceptors (Lipinski definition) is 3. The summed E-state index contributed by atoms with van der Waals surface area (Å²) in [6.45, 7) is 2.18. The van der Waals surface area contributed by atoms with Gasteiger partial charge in [-0.1, -0.05) is 6.42 Å². The van der Waals surface area contributed by atoms with Gasteiger partial charge in [-0.25, -0.2) is 0 Å². The Labute approximate surface area is 100 Å². The molecule has 0 atom stereocenters. The second-order valence-corrected chi connectivity index (χ2v) is 3.81. The van der Waals surface area contributed by atoms with Gasteiger partial charge in [0, 0.05) is 26.0 Å². The van der Waals surface area contributed by atoms with E-state index >= 15 is 0 Å². The number of carbonyl (C=O) groups is 2. The van der Waals surface area contributed by atoms with Crippen molar-refractivity contribution in [1.82, 2.24) is 15.5 Å². The van der Waals surface area contributed by atoms with E-state index in [0.717, 1.165) is 19.3 Å². The van der Waals surface area contributed by atoms with Crippen molar-refractivity contribution in [3.8, 4) is 0 Å². The zero-order valence-corrected chi connectivity index (χ0v) is 9.95. The molecule has 3 N–H and O–H groups in total. The molecule has 0 bridgehead atoms. The minimum atomic E-state index is -0.0197. The highest BCUT2D eigenvalue weighted by Gasteiger charge is 2.02. The maximum Gasteiger partial charge on any atom is 0.225 e. The molecule has 0 aliphatic carbocycles. The first kappa shape index (κ1) is 13.2. The van der Waals surface area contributed by atoms with Crippen molar-refractivity contribution in [2.24, 2.45) is 0 Å². The van der Waals surface area contributed by atoms with Crippen LogP contribution in [0, 0.1) is 0 Å². The summed E-state index contributed by atoms with van der Waals surface area (Å²) in [6.07, 6.45) is 4.72. The summed E-state index contributed by atoms with van der Waals surface area (Å²) in [5, 5.41) is 11.8. The summed E-state index contributed by atoms with van der Waals surface area (Å²) in [6, 6.07) is 1.70. The van der Waals surface area contributed by atoms with Crippen LogP contribution in [0.3, 0.4) is 0 Å². The lowest BCUT2D eigenvalue weighted by atomic mass is 10.2. The van der Waals surface area contributed by atoms with Crippen LogP contribution in [0.25, 0.3) is 0 Å². The van der Waals surface area contributed by atoms with Gasteiger partial charge in [-0.2, -0.15) is 5.10 Å². The van der Waals surface area contributed by atoms with Crippen LogP contribution in [0.5, 0.6) is 0 Å². The van der Waals surface area contributed by atoms with Crippen LogP contribution in [-0.4, -0.2) is 28.6 Å². The average Bonchev–Trinajstić information content (AvgIpc) is 2.75. The van der Waals surface area contributed by atoms with E-state index in [1.54, 1.807) is 12.3 Å². The number of unbranched alkanes of at least 4 members (excludes halogenated alkanes) is 2. The molecule has 0 aliphatic heterocycles. The number of aromatic nitrogens is 2. The number of nitrogens with one attached hydrogen (secondary N) is 3. The molecule has 0 unspecified atom stereocenters. The number of amides is 2. The summed E-state index contributed by atoms with van der Waals surface area (Å²) >= 11 is 0. The highest BCUT2D eigenvalue weighted by atomic mass is 16.2. The second kappa shape index (κ2) is 7.43. The molecule has 0 aliphatic rings. The Hall–Kier alpha value is -1.85.